The third kappa shape index (κ3) is 2.79. The van der Waals surface area contributed by atoms with Gasteiger partial charge in [-0.15, -0.1) is 0 Å². The van der Waals surface area contributed by atoms with Crippen LogP contribution in [0.15, 0.2) is 97.3 Å². The first-order valence-corrected chi connectivity index (χ1v) is 7.66. The third-order valence-electron chi connectivity index (χ3n) is 3.96. The molecule has 0 spiro atoms. The summed E-state index contributed by atoms with van der Waals surface area (Å²) in [7, 11) is 0. The van der Waals surface area contributed by atoms with Gasteiger partial charge in [-0.1, -0.05) is 66.7 Å². The van der Waals surface area contributed by atoms with Crippen LogP contribution in [0.1, 0.15) is 0 Å². The van der Waals surface area contributed by atoms with E-state index >= 15 is 0 Å². The number of nitrogens with zero attached hydrogens (tertiary/aromatic N) is 2. The second-order valence-electron chi connectivity index (χ2n) is 5.44. The Labute approximate surface area is 135 Å². The maximum atomic E-state index is 4.25. The summed E-state index contributed by atoms with van der Waals surface area (Å²) < 4.78 is 1.86. The average molecular weight is 296 g/mol. The predicted octanol–water partition coefficient (Wildman–Crippen LogP) is 5.21. The summed E-state index contributed by atoms with van der Waals surface area (Å²) in [5.74, 6) is 0. The molecule has 0 amide bonds. The minimum Gasteiger partial charge on any atom is -0.241 e. The number of hydrogen-bond donors (Lipinski definition) is 0. The van der Waals surface area contributed by atoms with Gasteiger partial charge in [-0.25, -0.2) is 4.68 Å². The maximum Gasteiger partial charge on any atom is 0.0645 e. The van der Waals surface area contributed by atoms with Crippen molar-refractivity contribution in [1.82, 2.24) is 9.78 Å². The van der Waals surface area contributed by atoms with Crippen molar-refractivity contribution in [2.45, 2.75) is 0 Å². The molecule has 0 atom stereocenters. The van der Waals surface area contributed by atoms with E-state index in [1.807, 2.05) is 23.0 Å². The van der Waals surface area contributed by atoms with E-state index < -0.39 is 0 Å². The van der Waals surface area contributed by atoms with E-state index in [0.717, 1.165) is 5.69 Å². The number of benzene rings is 3. The third-order valence-corrected chi connectivity index (χ3v) is 3.96. The molecule has 4 rings (SSSR count). The van der Waals surface area contributed by atoms with Crippen LogP contribution in [0.25, 0.3) is 27.9 Å². The van der Waals surface area contributed by atoms with Gasteiger partial charge in [0.05, 0.1) is 5.69 Å². The lowest BCUT2D eigenvalue weighted by Gasteiger charge is -2.06. The summed E-state index contributed by atoms with van der Waals surface area (Å²) in [6, 6.07) is 29.5. The van der Waals surface area contributed by atoms with Crippen molar-refractivity contribution in [2.24, 2.45) is 0 Å². The Balaban J connectivity index is 1.61. The molecule has 0 bridgehead atoms. The second-order valence-corrected chi connectivity index (χ2v) is 5.44. The Morgan fingerprint density at radius 3 is 1.57 bits per heavy atom. The standard InChI is InChI=1S/C21H16N2/c1-2-5-17(6-3-1)18-7-9-19(10-8-18)20-11-13-21(14-12-20)23-16-4-15-22-23/h1-16H. The highest BCUT2D eigenvalue weighted by Gasteiger charge is 2.01. The molecule has 0 fully saturated rings. The molecule has 3 aromatic carbocycles. The van der Waals surface area contributed by atoms with Crippen LogP contribution < -0.4 is 0 Å². The first-order valence-electron chi connectivity index (χ1n) is 7.66. The summed E-state index contributed by atoms with van der Waals surface area (Å²) >= 11 is 0. The van der Waals surface area contributed by atoms with Crippen LogP contribution >= 0.6 is 0 Å². The fourth-order valence-electron chi connectivity index (χ4n) is 2.71. The van der Waals surface area contributed by atoms with Crippen LogP contribution in [0.2, 0.25) is 0 Å². The second kappa shape index (κ2) is 5.93. The van der Waals surface area contributed by atoms with Crippen molar-refractivity contribution < 1.29 is 0 Å². The minimum absolute atomic E-state index is 1.07. The molecule has 2 nitrogen and oxygen atoms in total. The monoisotopic (exact) mass is 296 g/mol. The number of rotatable bonds is 3. The van der Waals surface area contributed by atoms with Crippen molar-refractivity contribution in [1.29, 1.82) is 0 Å². The predicted molar refractivity (Wildman–Crippen MR) is 94.4 cm³/mol. The molecule has 0 aliphatic heterocycles. The van der Waals surface area contributed by atoms with Gasteiger partial charge in [-0.05, 0) is 40.5 Å². The summed E-state index contributed by atoms with van der Waals surface area (Å²) in [6.07, 6.45) is 3.74. The topological polar surface area (TPSA) is 17.8 Å². The molecule has 0 N–H and O–H groups in total. The summed E-state index contributed by atoms with van der Waals surface area (Å²) in [5, 5.41) is 4.25. The van der Waals surface area contributed by atoms with Crippen molar-refractivity contribution in [3.05, 3.63) is 97.3 Å². The quantitative estimate of drug-likeness (QED) is 0.507. The Morgan fingerprint density at radius 1 is 0.522 bits per heavy atom. The molecule has 0 aliphatic carbocycles. The molecule has 23 heavy (non-hydrogen) atoms. The van der Waals surface area contributed by atoms with E-state index in [4.69, 9.17) is 0 Å². The molecule has 2 heteroatoms. The van der Waals surface area contributed by atoms with Crippen LogP contribution in [-0.4, -0.2) is 9.78 Å². The lowest BCUT2D eigenvalue weighted by atomic mass is 10.0. The SMILES string of the molecule is c1ccc(-c2ccc(-c3ccc(-n4cccn4)cc3)cc2)cc1. The largest absolute Gasteiger partial charge is 0.241 e. The first kappa shape index (κ1) is 13.5. The maximum absolute atomic E-state index is 4.25. The molecule has 110 valence electrons. The highest BCUT2D eigenvalue weighted by atomic mass is 15.3. The first-order chi connectivity index (χ1) is 11.4. The molecule has 0 saturated carbocycles. The fraction of sp³-hybridized carbons (Fsp3) is 0. The zero-order chi connectivity index (χ0) is 15.5. The smallest absolute Gasteiger partial charge is 0.0645 e. The normalized spacial score (nSPS) is 10.6. The van der Waals surface area contributed by atoms with Crippen LogP contribution in [0.5, 0.6) is 0 Å². The fourth-order valence-corrected chi connectivity index (χ4v) is 2.71. The molecule has 0 unspecified atom stereocenters. The van der Waals surface area contributed by atoms with Crippen molar-refractivity contribution in [3.8, 4) is 27.9 Å². The number of hydrogen-bond acceptors (Lipinski definition) is 1. The van der Waals surface area contributed by atoms with Crippen LogP contribution in [-0.2, 0) is 0 Å². The Kier molecular flexibility index (Phi) is 3.49. The van der Waals surface area contributed by atoms with E-state index in [9.17, 15) is 0 Å². The Morgan fingerprint density at radius 2 is 1.04 bits per heavy atom. The van der Waals surface area contributed by atoms with E-state index in [2.05, 4.69) is 77.9 Å². The van der Waals surface area contributed by atoms with Gasteiger partial charge in [-0.3, -0.25) is 0 Å². The van der Waals surface area contributed by atoms with Gasteiger partial charge in [0, 0.05) is 12.4 Å². The van der Waals surface area contributed by atoms with Gasteiger partial charge < -0.3 is 0 Å². The van der Waals surface area contributed by atoms with Gasteiger partial charge in [0.1, 0.15) is 0 Å². The highest BCUT2D eigenvalue weighted by Crippen LogP contribution is 2.25. The molecule has 0 radical (unpaired) electrons. The van der Waals surface area contributed by atoms with Crippen LogP contribution in [0.3, 0.4) is 0 Å². The molecular formula is C21H16N2. The van der Waals surface area contributed by atoms with Gasteiger partial charge >= 0.3 is 0 Å². The highest BCUT2D eigenvalue weighted by molar-refractivity contribution is 5.70. The van der Waals surface area contributed by atoms with E-state index in [1.54, 1.807) is 6.20 Å². The molecule has 4 aromatic rings. The van der Waals surface area contributed by atoms with Crippen LogP contribution in [0.4, 0.5) is 0 Å². The van der Waals surface area contributed by atoms with Crippen molar-refractivity contribution >= 4 is 0 Å². The Hall–Kier alpha value is -3.13. The summed E-state index contributed by atoms with van der Waals surface area (Å²) in [5.41, 5.74) is 5.98. The molecule has 1 aromatic heterocycles. The summed E-state index contributed by atoms with van der Waals surface area (Å²) in [4.78, 5) is 0. The van der Waals surface area contributed by atoms with Gasteiger partial charge in [0.2, 0.25) is 0 Å². The molecule has 0 aliphatic rings. The lowest BCUT2D eigenvalue weighted by Crippen LogP contribution is -1.93. The van der Waals surface area contributed by atoms with Gasteiger partial charge in [-0.2, -0.15) is 5.10 Å². The van der Waals surface area contributed by atoms with Crippen molar-refractivity contribution in [3.63, 3.8) is 0 Å². The van der Waals surface area contributed by atoms with E-state index in [1.165, 1.54) is 22.3 Å². The Bertz CT molecular complexity index is 875. The molecule has 0 saturated heterocycles. The summed E-state index contributed by atoms with van der Waals surface area (Å²) in [6.45, 7) is 0. The van der Waals surface area contributed by atoms with Gasteiger partial charge in [0.15, 0.2) is 0 Å². The minimum atomic E-state index is 1.07. The lowest BCUT2D eigenvalue weighted by molar-refractivity contribution is 0.881. The zero-order valence-corrected chi connectivity index (χ0v) is 12.6. The van der Waals surface area contributed by atoms with Crippen LogP contribution in [0, 0.1) is 0 Å². The molecule has 1 heterocycles. The molecular weight excluding hydrogens is 280 g/mol. The van der Waals surface area contributed by atoms with Crippen molar-refractivity contribution in [2.75, 3.05) is 0 Å². The number of aromatic nitrogens is 2. The van der Waals surface area contributed by atoms with Gasteiger partial charge in [0.25, 0.3) is 0 Å². The van der Waals surface area contributed by atoms with E-state index in [-0.39, 0.29) is 0 Å². The zero-order valence-electron chi connectivity index (χ0n) is 12.6. The average Bonchev–Trinajstić information content (AvgIpc) is 3.18. The van der Waals surface area contributed by atoms with E-state index in [0.29, 0.717) is 0 Å².